The summed E-state index contributed by atoms with van der Waals surface area (Å²) >= 11 is 1.91. The highest BCUT2D eigenvalue weighted by molar-refractivity contribution is 7.15. The van der Waals surface area contributed by atoms with Crippen molar-refractivity contribution in [3.8, 4) is 10.4 Å². The standard InChI is InChI=1S/C16H21NS/c1-4-7-14(17-3)16-11-10-15(18-16)13-9-6-5-8-12(13)2/h5-6,8-11,14,17H,4,7H2,1-3H3. The Balaban J connectivity index is 2.28. The Bertz CT molecular complexity index is 501. The van der Waals surface area contributed by atoms with Gasteiger partial charge in [0.15, 0.2) is 0 Å². The molecular weight excluding hydrogens is 238 g/mol. The van der Waals surface area contributed by atoms with E-state index in [0.29, 0.717) is 6.04 Å². The Kier molecular flexibility index (Phi) is 4.56. The number of hydrogen-bond donors (Lipinski definition) is 1. The van der Waals surface area contributed by atoms with Gasteiger partial charge in [-0.15, -0.1) is 11.3 Å². The maximum absolute atomic E-state index is 3.41. The molecule has 0 aliphatic heterocycles. The number of benzene rings is 1. The first kappa shape index (κ1) is 13.3. The summed E-state index contributed by atoms with van der Waals surface area (Å²) in [6.45, 7) is 4.41. The molecule has 0 saturated heterocycles. The van der Waals surface area contributed by atoms with Crippen molar-refractivity contribution in [2.45, 2.75) is 32.7 Å². The molecular formula is C16H21NS. The van der Waals surface area contributed by atoms with Gasteiger partial charge in [-0.2, -0.15) is 0 Å². The van der Waals surface area contributed by atoms with Crippen molar-refractivity contribution in [2.24, 2.45) is 0 Å². The Morgan fingerprint density at radius 1 is 1.17 bits per heavy atom. The SMILES string of the molecule is CCCC(NC)c1ccc(-c2ccccc2C)s1. The van der Waals surface area contributed by atoms with E-state index in [2.05, 4.69) is 55.6 Å². The minimum absolute atomic E-state index is 0.498. The summed E-state index contributed by atoms with van der Waals surface area (Å²) in [5.74, 6) is 0. The minimum Gasteiger partial charge on any atom is -0.312 e. The maximum atomic E-state index is 3.41. The quantitative estimate of drug-likeness (QED) is 0.814. The number of rotatable bonds is 5. The second kappa shape index (κ2) is 6.17. The lowest BCUT2D eigenvalue weighted by atomic mass is 10.1. The van der Waals surface area contributed by atoms with Crippen molar-refractivity contribution >= 4 is 11.3 Å². The lowest BCUT2D eigenvalue weighted by Crippen LogP contribution is -2.14. The molecule has 1 aromatic heterocycles. The fourth-order valence-electron chi connectivity index (χ4n) is 2.25. The van der Waals surface area contributed by atoms with E-state index in [-0.39, 0.29) is 0 Å². The first-order valence-electron chi connectivity index (χ1n) is 6.59. The van der Waals surface area contributed by atoms with E-state index in [1.54, 1.807) is 0 Å². The Morgan fingerprint density at radius 2 is 1.94 bits per heavy atom. The summed E-state index contributed by atoms with van der Waals surface area (Å²) in [7, 11) is 2.05. The van der Waals surface area contributed by atoms with Crippen LogP contribution in [0.2, 0.25) is 0 Å². The molecule has 0 saturated carbocycles. The van der Waals surface area contributed by atoms with Crippen molar-refractivity contribution in [1.82, 2.24) is 5.32 Å². The third-order valence-corrected chi connectivity index (χ3v) is 4.54. The molecule has 2 aromatic rings. The van der Waals surface area contributed by atoms with Crippen LogP contribution in [0.15, 0.2) is 36.4 Å². The molecule has 0 fully saturated rings. The van der Waals surface area contributed by atoms with Crippen molar-refractivity contribution in [1.29, 1.82) is 0 Å². The number of aryl methyl sites for hydroxylation is 1. The molecule has 0 radical (unpaired) electrons. The van der Waals surface area contributed by atoms with Gasteiger partial charge in [0.1, 0.15) is 0 Å². The van der Waals surface area contributed by atoms with E-state index in [0.717, 1.165) is 0 Å². The highest BCUT2D eigenvalue weighted by Gasteiger charge is 2.12. The molecule has 1 heterocycles. The van der Waals surface area contributed by atoms with Crippen LogP contribution in [-0.4, -0.2) is 7.05 Å². The summed E-state index contributed by atoms with van der Waals surface area (Å²) in [5, 5.41) is 3.41. The van der Waals surface area contributed by atoms with Gasteiger partial charge in [-0.05, 0) is 43.7 Å². The number of thiophene rings is 1. The third kappa shape index (κ3) is 2.82. The fourth-order valence-corrected chi connectivity index (χ4v) is 3.49. The summed E-state index contributed by atoms with van der Waals surface area (Å²) in [5.41, 5.74) is 2.71. The first-order chi connectivity index (χ1) is 8.76. The molecule has 1 nitrogen and oxygen atoms in total. The third-order valence-electron chi connectivity index (χ3n) is 3.31. The molecule has 1 atom stereocenters. The van der Waals surface area contributed by atoms with Crippen LogP contribution < -0.4 is 5.32 Å². The van der Waals surface area contributed by atoms with Crippen LogP contribution >= 0.6 is 11.3 Å². The molecule has 2 rings (SSSR count). The van der Waals surface area contributed by atoms with E-state index in [1.165, 1.54) is 33.7 Å². The molecule has 0 spiro atoms. The van der Waals surface area contributed by atoms with Gasteiger partial charge < -0.3 is 5.32 Å². The van der Waals surface area contributed by atoms with Crippen LogP contribution in [0.4, 0.5) is 0 Å². The van der Waals surface area contributed by atoms with Crippen LogP contribution in [0, 0.1) is 6.92 Å². The Labute approximate surface area is 114 Å². The average molecular weight is 259 g/mol. The van der Waals surface area contributed by atoms with Gasteiger partial charge in [-0.3, -0.25) is 0 Å². The molecule has 18 heavy (non-hydrogen) atoms. The van der Waals surface area contributed by atoms with Crippen molar-refractivity contribution in [3.05, 3.63) is 46.8 Å². The van der Waals surface area contributed by atoms with E-state index in [4.69, 9.17) is 0 Å². The minimum atomic E-state index is 0.498. The van der Waals surface area contributed by atoms with Gasteiger partial charge in [-0.25, -0.2) is 0 Å². The van der Waals surface area contributed by atoms with E-state index < -0.39 is 0 Å². The topological polar surface area (TPSA) is 12.0 Å². The highest BCUT2D eigenvalue weighted by Crippen LogP contribution is 2.34. The Morgan fingerprint density at radius 3 is 2.61 bits per heavy atom. The summed E-state index contributed by atoms with van der Waals surface area (Å²) < 4.78 is 0. The van der Waals surface area contributed by atoms with Crippen molar-refractivity contribution < 1.29 is 0 Å². The van der Waals surface area contributed by atoms with Crippen LogP contribution in [0.25, 0.3) is 10.4 Å². The van der Waals surface area contributed by atoms with Gasteiger partial charge in [0.2, 0.25) is 0 Å². The molecule has 0 aliphatic rings. The van der Waals surface area contributed by atoms with Crippen LogP contribution in [0.1, 0.15) is 36.2 Å². The van der Waals surface area contributed by atoms with E-state index in [1.807, 2.05) is 18.4 Å². The van der Waals surface area contributed by atoms with Crippen molar-refractivity contribution in [3.63, 3.8) is 0 Å². The lowest BCUT2D eigenvalue weighted by Gasteiger charge is -2.12. The molecule has 1 unspecified atom stereocenters. The Hall–Kier alpha value is -1.12. The molecule has 2 heteroatoms. The van der Waals surface area contributed by atoms with Crippen molar-refractivity contribution in [2.75, 3.05) is 7.05 Å². The van der Waals surface area contributed by atoms with Crippen LogP contribution in [0.3, 0.4) is 0 Å². The summed E-state index contributed by atoms with van der Waals surface area (Å²) in [6, 6.07) is 13.6. The monoisotopic (exact) mass is 259 g/mol. The van der Waals surface area contributed by atoms with Gasteiger partial charge in [0, 0.05) is 15.8 Å². The highest BCUT2D eigenvalue weighted by atomic mass is 32.1. The van der Waals surface area contributed by atoms with Crippen LogP contribution in [0.5, 0.6) is 0 Å². The normalized spacial score (nSPS) is 12.6. The van der Waals surface area contributed by atoms with Gasteiger partial charge in [0.25, 0.3) is 0 Å². The predicted molar refractivity (Wildman–Crippen MR) is 81.2 cm³/mol. The second-order valence-corrected chi connectivity index (χ2v) is 5.76. The zero-order valence-electron chi connectivity index (χ0n) is 11.4. The molecule has 1 aromatic carbocycles. The maximum Gasteiger partial charge on any atom is 0.0412 e. The van der Waals surface area contributed by atoms with Crippen LogP contribution in [-0.2, 0) is 0 Å². The van der Waals surface area contributed by atoms with E-state index in [9.17, 15) is 0 Å². The molecule has 0 bridgehead atoms. The first-order valence-corrected chi connectivity index (χ1v) is 7.41. The summed E-state index contributed by atoms with van der Waals surface area (Å²) in [4.78, 5) is 2.82. The zero-order valence-corrected chi connectivity index (χ0v) is 12.2. The molecule has 1 N–H and O–H groups in total. The average Bonchev–Trinajstić information content (AvgIpc) is 2.85. The van der Waals surface area contributed by atoms with Gasteiger partial charge in [0.05, 0.1) is 0 Å². The largest absolute Gasteiger partial charge is 0.312 e. The smallest absolute Gasteiger partial charge is 0.0412 e. The molecule has 0 aliphatic carbocycles. The van der Waals surface area contributed by atoms with Gasteiger partial charge >= 0.3 is 0 Å². The predicted octanol–water partition coefficient (Wildman–Crippen LogP) is 4.78. The fraction of sp³-hybridized carbons (Fsp3) is 0.375. The number of nitrogens with one attached hydrogen (secondary N) is 1. The van der Waals surface area contributed by atoms with E-state index >= 15 is 0 Å². The molecule has 0 amide bonds. The summed E-state index contributed by atoms with van der Waals surface area (Å²) in [6.07, 6.45) is 2.41. The zero-order chi connectivity index (χ0) is 13.0. The molecule has 96 valence electrons. The second-order valence-electron chi connectivity index (χ2n) is 4.65. The lowest BCUT2D eigenvalue weighted by molar-refractivity contribution is 0.550. The number of hydrogen-bond acceptors (Lipinski definition) is 2. The van der Waals surface area contributed by atoms with Gasteiger partial charge in [-0.1, -0.05) is 37.6 Å².